The van der Waals surface area contributed by atoms with Gasteiger partial charge in [-0.2, -0.15) is 5.10 Å². The van der Waals surface area contributed by atoms with Crippen molar-refractivity contribution < 1.29 is 9.53 Å². The van der Waals surface area contributed by atoms with E-state index in [1.165, 1.54) is 6.21 Å². The standard InChI is InChI=1S/C18H20ClN3O2/c1-12(2)24-17-9-8-14(10-15(17)19)11-20-22-18(23)21-16-7-5-4-6-13(16)3/h4-12H,1-3H3,(H2,21,22,23)/b20-11-. The molecule has 0 atom stereocenters. The smallest absolute Gasteiger partial charge is 0.339 e. The SMILES string of the molecule is Cc1ccccc1NC(=O)N/N=C\c1ccc(OC(C)C)c(Cl)c1. The molecule has 0 saturated carbocycles. The average molecular weight is 346 g/mol. The normalized spacial score (nSPS) is 10.9. The molecule has 0 aliphatic heterocycles. The number of hydrogen-bond donors (Lipinski definition) is 2. The third-order valence-electron chi connectivity index (χ3n) is 3.09. The Kier molecular flexibility index (Phi) is 6.21. The molecule has 0 saturated heterocycles. The van der Waals surface area contributed by atoms with Crippen LogP contribution in [0.1, 0.15) is 25.0 Å². The first-order chi connectivity index (χ1) is 11.5. The van der Waals surface area contributed by atoms with E-state index >= 15 is 0 Å². The van der Waals surface area contributed by atoms with Crippen LogP contribution in [0.15, 0.2) is 47.6 Å². The van der Waals surface area contributed by atoms with Gasteiger partial charge in [-0.1, -0.05) is 29.8 Å². The molecule has 126 valence electrons. The maximum absolute atomic E-state index is 11.8. The number of benzene rings is 2. The van der Waals surface area contributed by atoms with Crippen molar-refractivity contribution in [3.05, 3.63) is 58.6 Å². The van der Waals surface area contributed by atoms with Gasteiger partial charge in [-0.25, -0.2) is 10.2 Å². The molecule has 0 spiro atoms. The molecular weight excluding hydrogens is 326 g/mol. The molecule has 0 radical (unpaired) electrons. The molecule has 0 fully saturated rings. The lowest BCUT2D eigenvalue weighted by molar-refractivity contribution is 0.242. The zero-order chi connectivity index (χ0) is 17.5. The summed E-state index contributed by atoms with van der Waals surface area (Å²) in [6, 6.07) is 12.4. The van der Waals surface area contributed by atoms with E-state index in [0.717, 1.165) is 16.8 Å². The summed E-state index contributed by atoms with van der Waals surface area (Å²) in [5.41, 5.74) is 4.89. The van der Waals surface area contributed by atoms with E-state index in [0.29, 0.717) is 10.8 Å². The highest BCUT2D eigenvalue weighted by Gasteiger charge is 2.05. The Bertz CT molecular complexity index is 745. The number of para-hydroxylation sites is 1. The first-order valence-electron chi connectivity index (χ1n) is 7.57. The van der Waals surface area contributed by atoms with Crippen molar-refractivity contribution in [1.82, 2.24) is 5.43 Å². The van der Waals surface area contributed by atoms with Gasteiger partial charge < -0.3 is 10.1 Å². The number of anilines is 1. The van der Waals surface area contributed by atoms with Crippen molar-refractivity contribution in [1.29, 1.82) is 0 Å². The molecule has 0 bridgehead atoms. The number of aryl methyl sites for hydroxylation is 1. The van der Waals surface area contributed by atoms with E-state index in [-0.39, 0.29) is 6.10 Å². The number of amides is 2. The summed E-state index contributed by atoms with van der Waals surface area (Å²) in [5.74, 6) is 0.620. The zero-order valence-corrected chi connectivity index (χ0v) is 14.6. The summed E-state index contributed by atoms with van der Waals surface area (Å²) in [4.78, 5) is 11.8. The second kappa shape index (κ2) is 8.36. The number of ether oxygens (including phenoxy) is 1. The lowest BCUT2D eigenvalue weighted by Crippen LogP contribution is -2.24. The van der Waals surface area contributed by atoms with Gasteiger partial charge in [-0.3, -0.25) is 0 Å². The zero-order valence-electron chi connectivity index (χ0n) is 13.8. The van der Waals surface area contributed by atoms with Gasteiger partial charge in [0.1, 0.15) is 5.75 Å². The molecule has 0 unspecified atom stereocenters. The second-order valence-corrected chi connectivity index (χ2v) is 5.90. The number of nitrogens with one attached hydrogen (secondary N) is 2. The fourth-order valence-corrected chi connectivity index (χ4v) is 2.21. The van der Waals surface area contributed by atoms with Crippen LogP contribution < -0.4 is 15.5 Å². The number of urea groups is 1. The van der Waals surface area contributed by atoms with Crippen LogP contribution in [0.25, 0.3) is 0 Å². The summed E-state index contributed by atoms with van der Waals surface area (Å²) in [5, 5.41) is 7.14. The fraction of sp³-hybridized carbons (Fsp3) is 0.222. The first-order valence-corrected chi connectivity index (χ1v) is 7.95. The molecule has 2 aromatic carbocycles. The average Bonchev–Trinajstić information content (AvgIpc) is 2.52. The van der Waals surface area contributed by atoms with E-state index in [4.69, 9.17) is 16.3 Å². The second-order valence-electron chi connectivity index (χ2n) is 5.50. The van der Waals surface area contributed by atoms with E-state index in [1.54, 1.807) is 12.1 Å². The Morgan fingerprint density at radius 2 is 2.00 bits per heavy atom. The van der Waals surface area contributed by atoms with Crippen molar-refractivity contribution in [2.75, 3.05) is 5.32 Å². The predicted molar refractivity (Wildman–Crippen MR) is 98.1 cm³/mol. The Balaban J connectivity index is 1.93. The van der Waals surface area contributed by atoms with Gasteiger partial charge in [0, 0.05) is 5.69 Å². The van der Waals surface area contributed by atoms with E-state index in [1.807, 2.05) is 51.1 Å². The minimum absolute atomic E-state index is 0.0498. The summed E-state index contributed by atoms with van der Waals surface area (Å²) in [6.45, 7) is 5.78. The Labute approximate surface area is 146 Å². The van der Waals surface area contributed by atoms with Crippen LogP contribution in [0.5, 0.6) is 5.75 Å². The highest BCUT2D eigenvalue weighted by molar-refractivity contribution is 6.32. The highest BCUT2D eigenvalue weighted by Crippen LogP contribution is 2.25. The van der Waals surface area contributed by atoms with Gasteiger partial charge in [0.25, 0.3) is 0 Å². The Morgan fingerprint density at radius 3 is 2.67 bits per heavy atom. The number of carbonyl (C=O) groups excluding carboxylic acids is 1. The van der Waals surface area contributed by atoms with Gasteiger partial charge in [-0.05, 0) is 56.2 Å². The summed E-state index contributed by atoms with van der Waals surface area (Å²) in [7, 11) is 0. The molecule has 6 heteroatoms. The third-order valence-corrected chi connectivity index (χ3v) is 3.39. The molecule has 2 amide bonds. The number of nitrogens with zero attached hydrogens (tertiary/aromatic N) is 1. The van der Waals surface area contributed by atoms with Crippen molar-refractivity contribution in [2.24, 2.45) is 5.10 Å². The fourth-order valence-electron chi connectivity index (χ4n) is 1.98. The minimum Gasteiger partial charge on any atom is -0.489 e. The molecule has 2 aromatic rings. The van der Waals surface area contributed by atoms with Crippen molar-refractivity contribution in [3.8, 4) is 5.75 Å². The highest BCUT2D eigenvalue weighted by atomic mass is 35.5. The quantitative estimate of drug-likeness (QED) is 0.615. The number of rotatable bonds is 5. The number of carbonyl (C=O) groups is 1. The van der Waals surface area contributed by atoms with E-state index in [2.05, 4.69) is 15.8 Å². The van der Waals surface area contributed by atoms with Crippen LogP contribution in [0.3, 0.4) is 0 Å². The summed E-state index contributed by atoms with van der Waals surface area (Å²) < 4.78 is 5.56. The van der Waals surface area contributed by atoms with Gasteiger partial charge in [0.2, 0.25) is 0 Å². The molecule has 0 aliphatic carbocycles. The molecule has 2 rings (SSSR count). The van der Waals surface area contributed by atoms with Crippen LogP contribution in [0.2, 0.25) is 5.02 Å². The van der Waals surface area contributed by atoms with Gasteiger partial charge in [-0.15, -0.1) is 0 Å². The van der Waals surface area contributed by atoms with Crippen LogP contribution in [0.4, 0.5) is 10.5 Å². The molecule has 0 aromatic heterocycles. The Hall–Kier alpha value is -2.53. The summed E-state index contributed by atoms with van der Waals surface area (Å²) in [6.07, 6.45) is 1.57. The topological polar surface area (TPSA) is 62.7 Å². The summed E-state index contributed by atoms with van der Waals surface area (Å²) >= 11 is 6.15. The number of halogens is 1. The number of hydrogen-bond acceptors (Lipinski definition) is 3. The van der Waals surface area contributed by atoms with Crippen LogP contribution in [0, 0.1) is 6.92 Å². The van der Waals surface area contributed by atoms with Crippen LogP contribution in [-0.2, 0) is 0 Å². The van der Waals surface area contributed by atoms with Crippen LogP contribution in [-0.4, -0.2) is 18.3 Å². The third kappa shape index (κ3) is 5.28. The maximum atomic E-state index is 11.8. The van der Waals surface area contributed by atoms with Gasteiger partial charge in [0.05, 0.1) is 17.3 Å². The minimum atomic E-state index is -0.411. The monoisotopic (exact) mass is 345 g/mol. The first kappa shape index (κ1) is 17.8. The maximum Gasteiger partial charge on any atom is 0.339 e. The molecular formula is C18H20ClN3O2. The molecule has 5 nitrogen and oxygen atoms in total. The molecule has 0 heterocycles. The van der Waals surface area contributed by atoms with Crippen molar-refractivity contribution in [2.45, 2.75) is 26.9 Å². The van der Waals surface area contributed by atoms with Crippen molar-refractivity contribution in [3.63, 3.8) is 0 Å². The number of hydrazone groups is 1. The van der Waals surface area contributed by atoms with Crippen LogP contribution >= 0.6 is 11.6 Å². The largest absolute Gasteiger partial charge is 0.489 e. The van der Waals surface area contributed by atoms with E-state index in [9.17, 15) is 4.79 Å². The Morgan fingerprint density at radius 1 is 1.25 bits per heavy atom. The van der Waals surface area contributed by atoms with Gasteiger partial charge in [0.15, 0.2) is 0 Å². The predicted octanol–water partition coefficient (Wildman–Crippen LogP) is 4.59. The lowest BCUT2D eigenvalue weighted by Gasteiger charge is -2.11. The van der Waals surface area contributed by atoms with Gasteiger partial charge >= 0.3 is 6.03 Å². The van der Waals surface area contributed by atoms with E-state index < -0.39 is 6.03 Å². The van der Waals surface area contributed by atoms with Crippen molar-refractivity contribution >= 4 is 29.5 Å². The lowest BCUT2D eigenvalue weighted by atomic mass is 10.2. The molecule has 2 N–H and O–H groups in total. The molecule has 24 heavy (non-hydrogen) atoms. The molecule has 0 aliphatic rings.